The van der Waals surface area contributed by atoms with Gasteiger partial charge in [0.05, 0.1) is 4.90 Å². The lowest BCUT2D eigenvalue weighted by atomic mass is 10.3. The topological polar surface area (TPSA) is 49.4 Å². The molecule has 88 valence electrons. The quantitative estimate of drug-likeness (QED) is 0.826. The lowest BCUT2D eigenvalue weighted by Crippen LogP contribution is -2.51. The van der Waals surface area contributed by atoms with Crippen molar-refractivity contribution in [2.45, 2.75) is 17.9 Å². The molecule has 1 aliphatic heterocycles. The van der Waals surface area contributed by atoms with Gasteiger partial charge in [-0.25, -0.2) is 8.42 Å². The highest BCUT2D eigenvalue weighted by molar-refractivity contribution is 7.89. The Kier molecular flexibility index (Phi) is 3.28. The molecule has 1 aromatic rings. The van der Waals surface area contributed by atoms with Crippen LogP contribution >= 0.6 is 0 Å². The summed E-state index contributed by atoms with van der Waals surface area (Å²) >= 11 is 0. The summed E-state index contributed by atoms with van der Waals surface area (Å²) in [6.45, 7) is 3.79. The second-order valence-electron chi connectivity index (χ2n) is 4.03. The van der Waals surface area contributed by atoms with E-state index in [-0.39, 0.29) is 6.04 Å². The molecule has 0 bridgehead atoms. The van der Waals surface area contributed by atoms with Gasteiger partial charge in [0.1, 0.15) is 0 Å². The summed E-state index contributed by atoms with van der Waals surface area (Å²) in [6, 6.07) is 8.81. The number of piperazine rings is 1. The number of sulfonamides is 1. The third kappa shape index (κ3) is 2.26. The molecule has 1 fully saturated rings. The summed E-state index contributed by atoms with van der Waals surface area (Å²) in [5, 5.41) is 3.23. The van der Waals surface area contributed by atoms with E-state index in [1.807, 2.05) is 13.0 Å². The summed E-state index contributed by atoms with van der Waals surface area (Å²) in [4.78, 5) is 0.379. The van der Waals surface area contributed by atoms with Crippen LogP contribution in [0.3, 0.4) is 0 Å². The predicted molar refractivity (Wildman–Crippen MR) is 62.7 cm³/mol. The summed E-state index contributed by atoms with van der Waals surface area (Å²) in [7, 11) is -3.30. The summed E-state index contributed by atoms with van der Waals surface area (Å²) in [6.07, 6.45) is 0. The SMILES string of the molecule is C[C@H]1CN(S(=O)(=O)c2ccccc2)CCN1. The van der Waals surface area contributed by atoms with E-state index in [0.29, 0.717) is 24.5 Å². The van der Waals surface area contributed by atoms with Gasteiger partial charge in [-0.1, -0.05) is 18.2 Å². The largest absolute Gasteiger partial charge is 0.312 e. The third-order valence-corrected chi connectivity index (χ3v) is 4.59. The number of hydrogen-bond acceptors (Lipinski definition) is 3. The molecule has 0 amide bonds. The zero-order valence-electron chi connectivity index (χ0n) is 9.26. The van der Waals surface area contributed by atoms with E-state index < -0.39 is 10.0 Å². The van der Waals surface area contributed by atoms with Crippen molar-refractivity contribution in [3.8, 4) is 0 Å². The maximum Gasteiger partial charge on any atom is 0.243 e. The minimum atomic E-state index is -3.30. The number of nitrogens with one attached hydrogen (secondary N) is 1. The van der Waals surface area contributed by atoms with Crippen LogP contribution in [0, 0.1) is 0 Å². The summed E-state index contributed by atoms with van der Waals surface area (Å²) < 4.78 is 26.0. The Morgan fingerprint density at radius 1 is 1.31 bits per heavy atom. The molecule has 0 radical (unpaired) electrons. The zero-order valence-corrected chi connectivity index (χ0v) is 10.1. The molecule has 0 saturated carbocycles. The normalized spacial score (nSPS) is 23.2. The van der Waals surface area contributed by atoms with Gasteiger partial charge >= 0.3 is 0 Å². The Bertz CT molecular complexity index is 444. The van der Waals surface area contributed by atoms with Gasteiger partial charge in [0.15, 0.2) is 0 Å². The fourth-order valence-corrected chi connectivity index (χ4v) is 3.41. The highest BCUT2D eigenvalue weighted by Crippen LogP contribution is 2.16. The first-order chi connectivity index (χ1) is 7.60. The first-order valence-corrected chi connectivity index (χ1v) is 6.83. The molecule has 0 aliphatic carbocycles. The molecule has 0 aromatic heterocycles. The van der Waals surface area contributed by atoms with Gasteiger partial charge in [0.2, 0.25) is 10.0 Å². The first kappa shape index (κ1) is 11.6. The third-order valence-electron chi connectivity index (χ3n) is 2.71. The second-order valence-corrected chi connectivity index (χ2v) is 5.97. The molecular formula is C11H16N2O2S. The number of nitrogens with zero attached hydrogens (tertiary/aromatic N) is 1. The molecule has 1 N–H and O–H groups in total. The van der Waals surface area contributed by atoms with E-state index in [0.717, 1.165) is 0 Å². The molecule has 1 atom stereocenters. The Hall–Kier alpha value is -0.910. The van der Waals surface area contributed by atoms with E-state index in [1.54, 1.807) is 28.6 Å². The Balaban J connectivity index is 2.26. The van der Waals surface area contributed by atoms with Gasteiger partial charge in [0, 0.05) is 25.7 Å². The molecule has 5 heteroatoms. The number of rotatable bonds is 2. The maximum absolute atomic E-state index is 12.2. The molecule has 0 unspecified atom stereocenters. The maximum atomic E-state index is 12.2. The van der Waals surface area contributed by atoms with Gasteiger partial charge in [-0.3, -0.25) is 0 Å². The molecule has 1 aromatic carbocycles. The number of benzene rings is 1. The van der Waals surface area contributed by atoms with Crippen molar-refractivity contribution in [3.05, 3.63) is 30.3 Å². The molecule has 1 aliphatic rings. The van der Waals surface area contributed by atoms with E-state index in [2.05, 4.69) is 5.32 Å². The lowest BCUT2D eigenvalue weighted by molar-refractivity contribution is 0.310. The Labute approximate surface area is 96.3 Å². The highest BCUT2D eigenvalue weighted by Gasteiger charge is 2.27. The van der Waals surface area contributed by atoms with Gasteiger partial charge < -0.3 is 5.32 Å². The Morgan fingerprint density at radius 3 is 2.62 bits per heavy atom. The van der Waals surface area contributed by atoms with Crippen LogP contribution in [-0.2, 0) is 10.0 Å². The van der Waals surface area contributed by atoms with Crippen LogP contribution < -0.4 is 5.32 Å². The van der Waals surface area contributed by atoms with E-state index >= 15 is 0 Å². The van der Waals surface area contributed by atoms with Crippen molar-refractivity contribution >= 4 is 10.0 Å². The summed E-state index contributed by atoms with van der Waals surface area (Å²) in [5.74, 6) is 0. The Morgan fingerprint density at radius 2 is 2.00 bits per heavy atom. The van der Waals surface area contributed by atoms with Gasteiger partial charge in [-0.05, 0) is 19.1 Å². The van der Waals surface area contributed by atoms with Crippen molar-refractivity contribution in [1.29, 1.82) is 0 Å². The molecule has 16 heavy (non-hydrogen) atoms. The minimum absolute atomic E-state index is 0.215. The van der Waals surface area contributed by atoms with E-state index in [9.17, 15) is 8.42 Å². The van der Waals surface area contributed by atoms with Crippen LogP contribution in [0.5, 0.6) is 0 Å². The predicted octanol–water partition coefficient (Wildman–Crippen LogP) is 0.669. The van der Waals surface area contributed by atoms with Crippen molar-refractivity contribution in [1.82, 2.24) is 9.62 Å². The lowest BCUT2D eigenvalue weighted by Gasteiger charge is -2.30. The average Bonchev–Trinajstić information content (AvgIpc) is 2.30. The van der Waals surface area contributed by atoms with Crippen molar-refractivity contribution in [2.24, 2.45) is 0 Å². The fourth-order valence-electron chi connectivity index (χ4n) is 1.86. The van der Waals surface area contributed by atoms with E-state index in [1.165, 1.54) is 0 Å². The van der Waals surface area contributed by atoms with Crippen molar-refractivity contribution in [2.75, 3.05) is 19.6 Å². The van der Waals surface area contributed by atoms with Crippen LogP contribution in [0.25, 0.3) is 0 Å². The van der Waals surface area contributed by atoms with Crippen LogP contribution in [0.15, 0.2) is 35.2 Å². The van der Waals surface area contributed by atoms with Crippen LogP contribution in [0.4, 0.5) is 0 Å². The van der Waals surface area contributed by atoms with Gasteiger partial charge in [0.25, 0.3) is 0 Å². The fraction of sp³-hybridized carbons (Fsp3) is 0.455. The van der Waals surface area contributed by atoms with Crippen LogP contribution in [-0.4, -0.2) is 38.4 Å². The standard InChI is InChI=1S/C11H16N2O2S/c1-10-9-13(8-7-12-10)16(14,15)11-5-3-2-4-6-11/h2-6,10,12H,7-9H2,1H3/t10-/m0/s1. The molecular weight excluding hydrogens is 224 g/mol. The van der Waals surface area contributed by atoms with Crippen LogP contribution in [0.2, 0.25) is 0 Å². The highest BCUT2D eigenvalue weighted by atomic mass is 32.2. The molecule has 1 saturated heterocycles. The zero-order chi connectivity index (χ0) is 11.6. The van der Waals surface area contributed by atoms with Crippen molar-refractivity contribution in [3.63, 3.8) is 0 Å². The van der Waals surface area contributed by atoms with Gasteiger partial charge in [-0.2, -0.15) is 4.31 Å². The molecule has 0 spiro atoms. The molecule has 1 heterocycles. The first-order valence-electron chi connectivity index (χ1n) is 5.39. The number of hydrogen-bond donors (Lipinski definition) is 1. The average molecular weight is 240 g/mol. The minimum Gasteiger partial charge on any atom is -0.312 e. The van der Waals surface area contributed by atoms with E-state index in [4.69, 9.17) is 0 Å². The van der Waals surface area contributed by atoms with Gasteiger partial charge in [-0.15, -0.1) is 0 Å². The van der Waals surface area contributed by atoms with Crippen LogP contribution in [0.1, 0.15) is 6.92 Å². The van der Waals surface area contributed by atoms with Crippen molar-refractivity contribution < 1.29 is 8.42 Å². The molecule has 2 rings (SSSR count). The monoisotopic (exact) mass is 240 g/mol. The smallest absolute Gasteiger partial charge is 0.243 e. The summed E-state index contributed by atoms with van der Waals surface area (Å²) in [5.41, 5.74) is 0. The second kappa shape index (κ2) is 4.53. The molecule has 4 nitrogen and oxygen atoms in total.